The van der Waals surface area contributed by atoms with Crippen LogP contribution in [-0.4, -0.2) is 46.4 Å². The lowest BCUT2D eigenvalue weighted by atomic mass is 10.00. The van der Waals surface area contributed by atoms with Crippen LogP contribution >= 0.6 is 11.6 Å². The van der Waals surface area contributed by atoms with Crippen molar-refractivity contribution < 1.29 is 32.4 Å². The van der Waals surface area contributed by atoms with Crippen LogP contribution in [0.25, 0.3) is 11.3 Å². The first-order valence-corrected chi connectivity index (χ1v) is 9.59. The van der Waals surface area contributed by atoms with Gasteiger partial charge < -0.3 is 20.3 Å². The minimum Gasteiger partial charge on any atom is -0.475 e. The van der Waals surface area contributed by atoms with Gasteiger partial charge in [-0.05, 0) is 37.8 Å². The Hall–Kier alpha value is -2.59. The van der Waals surface area contributed by atoms with E-state index in [1.165, 1.54) is 12.8 Å². The first kappa shape index (κ1) is 22.1. The molecule has 2 fully saturated rings. The number of piperidine rings is 1. The van der Waals surface area contributed by atoms with Gasteiger partial charge in [0, 0.05) is 34.8 Å². The Morgan fingerprint density at radius 3 is 2.27 bits per heavy atom. The summed E-state index contributed by atoms with van der Waals surface area (Å²) in [6.45, 7) is 0. The number of carboxylic acids is 1. The number of benzene rings is 1. The summed E-state index contributed by atoms with van der Waals surface area (Å²) >= 11 is 5.88. The Morgan fingerprint density at radius 1 is 1.17 bits per heavy atom. The lowest BCUT2D eigenvalue weighted by Gasteiger charge is -2.29. The van der Waals surface area contributed by atoms with Gasteiger partial charge in [-0.1, -0.05) is 28.9 Å². The number of aliphatic carboxylic acids is 1. The maximum atomic E-state index is 12.4. The molecule has 0 saturated carbocycles. The minimum absolute atomic E-state index is 0.191. The quantitative estimate of drug-likeness (QED) is 0.666. The van der Waals surface area contributed by atoms with E-state index in [2.05, 4.69) is 15.8 Å². The fraction of sp³-hybridized carbons (Fsp3) is 0.421. The monoisotopic (exact) mass is 445 g/mol. The fourth-order valence-corrected chi connectivity index (χ4v) is 3.70. The standard InChI is InChI=1S/C17H18ClN3O2.C2HF3O2/c18-11-3-1-10(2-4-11)15-9-16(23-21-15)17(22)20-14-7-12-5-6-13(8-14)19-12;3-2(4,5)1(6)7/h1-4,9,12-14,19H,5-8H2,(H,20,22);(H,6,7)/t12-,13+,14?;. The van der Waals surface area contributed by atoms with Crippen molar-refractivity contribution in [3.8, 4) is 11.3 Å². The molecule has 1 aromatic heterocycles. The first-order valence-electron chi connectivity index (χ1n) is 9.21. The molecule has 0 aliphatic carbocycles. The average molecular weight is 446 g/mol. The van der Waals surface area contributed by atoms with Crippen LogP contribution in [0.3, 0.4) is 0 Å². The Bertz CT molecular complexity index is 889. The lowest BCUT2D eigenvalue weighted by Crippen LogP contribution is -2.47. The molecule has 0 spiro atoms. The summed E-state index contributed by atoms with van der Waals surface area (Å²) in [6.07, 6.45) is -0.693. The van der Waals surface area contributed by atoms with E-state index in [4.69, 9.17) is 26.0 Å². The second-order valence-corrected chi connectivity index (χ2v) is 7.60. The molecule has 30 heavy (non-hydrogen) atoms. The number of fused-ring (bicyclic) bond motifs is 2. The highest BCUT2D eigenvalue weighted by Gasteiger charge is 2.38. The number of nitrogens with zero attached hydrogens (tertiary/aromatic N) is 1. The van der Waals surface area contributed by atoms with Gasteiger partial charge >= 0.3 is 12.1 Å². The number of hydrogen-bond donors (Lipinski definition) is 3. The first-order chi connectivity index (χ1) is 14.1. The highest BCUT2D eigenvalue weighted by Crippen LogP contribution is 2.27. The molecule has 1 aromatic carbocycles. The number of rotatable bonds is 3. The normalized spacial score (nSPS) is 22.7. The largest absolute Gasteiger partial charge is 0.490 e. The molecule has 2 saturated heterocycles. The molecular weight excluding hydrogens is 427 g/mol. The number of alkyl halides is 3. The van der Waals surface area contributed by atoms with E-state index in [0.717, 1.165) is 18.4 Å². The van der Waals surface area contributed by atoms with E-state index in [0.29, 0.717) is 22.8 Å². The molecule has 2 aliphatic heterocycles. The van der Waals surface area contributed by atoms with Crippen LogP contribution in [0.2, 0.25) is 5.02 Å². The summed E-state index contributed by atoms with van der Waals surface area (Å²) < 4.78 is 36.9. The number of aromatic nitrogens is 1. The summed E-state index contributed by atoms with van der Waals surface area (Å²) in [6, 6.07) is 10.3. The summed E-state index contributed by atoms with van der Waals surface area (Å²) in [5.41, 5.74) is 1.51. The Labute approximate surface area is 174 Å². The van der Waals surface area contributed by atoms with Crippen molar-refractivity contribution in [3.63, 3.8) is 0 Å². The van der Waals surface area contributed by atoms with Crippen molar-refractivity contribution >= 4 is 23.5 Å². The molecule has 3 N–H and O–H groups in total. The van der Waals surface area contributed by atoms with Crippen LogP contribution in [0.15, 0.2) is 34.9 Å². The average Bonchev–Trinajstić information content (AvgIpc) is 3.29. The van der Waals surface area contributed by atoms with Gasteiger partial charge in [-0.15, -0.1) is 0 Å². The maximum Gasteiger partial charge on any atom is 0.490 e. The van der Waals surface area contributed by atoms with Gasteiger partial charge in [0.15, 0.2) is 0 Å². The van der Waals surface area contributed by atoms with Gasteiger partial charge in [-0.3, -0.25) is 4.79 Å². The van der Waals surface area contributed by atoms with Gasteiger partial charge in [-0.2, -0.15) is 13.2 Å². The molecule has 162 valence electrons. The molecule has 3 atom stereocenters. The van der Waals surface area contributed by atoms with E-state index < -0.39 is 12.1 Å². The van der Waals surface area contributed by atoms with Crippen LogP contribution < -0.4 is 10.6 Å². The molecule has 1 unspecified atom stereocenters. The summed E-state index contributed by atoms with van der Waals surface area (Å²) in [4.78, 5) is 21.3. The van der Waals surface area contributed by atoms with Crippen molar-refractivity contribution in [3.05, 3.63) is 41.1 Å². The number of carbonyl (C=O) groups is 2. The highest BCUT2D eigenvalue weighted by atomic mass is 35.5. The molecule has 0 radical (unpaired) electrons. The number of halogens is 4. The van der Waals surface area contributed by atoms with Gasteiger partial charge in [-0.25, -0.2) is 4.79 Å². The molecular formula is C19H19ClF3N3O4. The summed E-state index contributed by atoms with van der Waals surface area (Å²) in [5, 5.41) is 18.4. The zero-order chi connectivity index (χ0) is 21.9. The maximum absolute atomic E-state index is 12.4. The Morgan fingerprint density at radius 2 is 1.73 bits per heavy atom. The Kier molecular flexibility index (Phi) is 6.67. The van der Waals surface area contributed by atoms with E-state index in [-0.39, 0.29) is 17.7 Å². The van der Waals surface area contributed by atoms with Crippen molar-refractivity contribution in [1.82, 2.24) is 15.8 Å². The van der Waals surface area contributed by atoms with Crippen molar-refractivity contribution in [2.45, 2.75) is 50.0 Å². The number of amides is 1. The Balaban J connectivity index is 0.000000318. The van der Waals surface area contributed by atoms with E-state index in [1.807, 2.05) is 12.1 Å². The number of carbonyl (C=O) groups excluding carboxylic acids is 1. The number of carboxylic acid groups (broad SMARTS) is 1. The van der Waals surface area contributed by atoms with Crippen LogP contribution in [0.1, 0.15) is 36.2 Å². The number of hydrogen-bond acceptors (Lipinski definition) is 5. The molecule has 4 rings (SSSR count). The zero-order valence-electron chi connectivity index (χ0n) is 15.6. The zero-order valence-corrected chi connectivity index (χ0v) is 16.3. The second kappa shape index (κ2) is 9.05. The third-order valence-electron chi connectivity index (χ3n) is 4.92. The number of nitrogens with one attached hydrogen (secondary N) is 2. The van der Waals surface area contributed by atoms with Crippen molar-refractivity contribution in [2.75, 3.05) is 0 Å². The molecule has 2 bridgehead atoms. The molecule has 7 nitrogen and oxygen atoms in total. The van der Waals surface area contributed by atoms with Gasteiger partial charge in [0.2, 0.25) is 5.76 Å². The van der Waals surface area contributed by atoms with Crippen LogP contribution in [-0.2, 0) is 4.79 Å². The van der Waals surface area contributed by atoms with Crippen LogP contribution in [0, 0.1) is 0 Å². The van der Waals surface area contributed by atoms with E-state index in [9.17, 15) is 18.0 Å². The molecule has 1 amide bonds. The predicted molar refractivity (Wildman–Crippen MR) is 101 cm³/mol. The van der Waals surface area contributed by atoms with Gasteiger partial charge in [0.25, 0.3) is 5.91 Å². The second-order valence-electron chi connectivity index (χ2n) is 7.17. The van der Waals surface area contributed by atoms with Gasteiger partial charge in [0.05, 0.1) is 0 Å². The molecule has 11 heteroatoms. The van der Waals surface area contributed by atoms with E-state index in [1.54, 1.807) is 18.2 Å². The van der Waals surface area contributed by atoms with Crippen LogP contribution in [0.4, 0.5) is 13.2 Å². The molecule has 2 aromatic rings. The third kappa shape index (κ3) is 5.73. The van der Waals surface area contributed by atoms with Gasteiger partial charge in [0.1, 0.15) is 5.69 Å². The predicted octanol–water partition coefficient (Wildman–Crippen LogP) is 3.64. The third-order valence-corrected chi connectivity index (χ3v) is 5.18. The molecule has 2 aliphatic rings. The summed E-state index contributed by atoms with van der Waals surface area (Å²) in [5.74, 6) is -2.70. The van der Waals surface area contributed by atoms with E-state index >= 15 is 0 Å². The summed E-state index contributed by atoms with van der Waals surface area (Å²) in [7, 11) is 0. The van der Waals surface area contributed by atoms with Crippen molar-refractivity contribution in [2.24, 2.45) is 0 Å². The smallest absolute Gasteiger partial charge is 0.475 e. The topological polar surface area (TPSA) is 104 Å². The van der Waals surface area contributed by atoms with Crippen molar-refractivity contribution in [1.29, 1.82) is 0 Å². The minimum atomic E-state index is -5.08. The SMILES string of the molecule is O=C(NC1C[C@H]2CC[C@@H](C1)N2)c1cc(-c2ccc(Cl)cc2)no1.O=C(O)C(F)(F)F. The fourth-order valence-electron chi connectivity index (χ4n) is 3.57. The highest BCUT2D eigenvalue weighted by molar-refractivity contribution is 6.30. The van der Waals surface area contributed by atoms with Crippen LogP contribution in [0.5, 0.6) is 0 Å². The lowest BCUT2D eigenvalue weighted by molar-refractivity contribution is -0.192. The molecule has 3 heterocycles.